The number of amides is 1. The highest BCUT2D eigenvalue weighted by atomic mass is 32.2. The molecule has 1 fully saturated rings. The van der Waals surface area contributed by atoms with E-state index in [2.05, 4.69) is 4.99 Å². The second-order valence-corrected chi connectivity index (χ2v) is 6.91. The summed E-state index contributed by atoms with van der Waals surface area (Å²) in [5, 5.41) is 9.24. The zero-order valence-corrected chi connectivity index (χ0v) is 16.0. The predicted molar refractivity (Wildman–Crippen MR) is 109 cm³/mol. The number of ether oxygens (including phenoxy) is 1. The van der Waals surface area contributed by atoms with Crippen molar-refractivity contribution < 1.29 is 9.53 Å². The predicted octanol–water partition coefficient (Wildman–Crippen LogP) is 4.52. The van der Waals surface area contributed by atoms with Gasteiger partial charge in [0.1, 0.15) is 11.8 Å². The molecule has 1 amide bonds. The lowest BCUT2D eigenvalue weighted by Gasteiger charge is -2.12. The largest absolute Gasteiger partial charge is 0.479 e. The van der Waals surface area contributed by atoms with Gasteiger partial charge in [0.2, 0.25) is 0 Å². The molecule has 3 rings (SSSR count). The summed E-state index contributed by atoms with van der Waals surface area (Å²) in [6.07, 6.45) is 1.85. The quantitative estimate of drug-likeness (QED) is 0.719. The number of nitriles is 1. The summed E-state index contributed by atoms with van der Waals surface area (Å²) in [6, 6.07) is 17.1. The molecule has 136 valence electrons. The van der Waals surface area contributed by atoms with Gasteiger partial charge in [0.25, 0.3) is 5.91 Å². The Morgan fingerprint density at radius 2 is 1.89 bits per heavy atom. The molecule has 1 heterocycles. The molecule has 0 radical (unpaired) electrons. The van der Waals surface area contributed by atoms with Crippen LogP contribution in [0.15, 0.2) is 58.4 Å². The van der Waals surface area contributed by atoms with Crippen LogP contribution >= 0.6 is 11.8 Å². The number of thioether (sulfide) groups is 1. The molecule has 2 aromatic rings. The zero-order chi connectivity index (χ0) is 19.2. The lowest BCUT2D eigenvalue weighted by molar-refractivity contribution is -0.122. The van der Waals surface area contributed by atoms with E-state index in [9.17, 15) is 4.79 Å². The van der Waals surface area contributed by atoms with Crippen LogP contribution in [0, 0.1) is 18.3 Å². The summed E-state index contributed by atoms with van der Waals surface area (Å²) in [7, 11) is 0. The molecule has 1 saturated heterocycles. The number of benzene rings is 2. The highest BCUT2D eigenvalue weighted by Gasteiger charge is 2.32. The Morgan fingerprint density at radius 3 is 2.52 bits per heavy atom. The minimum atomic E-state index is -0.0434. The topological polar surface area (TPSA) is 65.7 Å². The Hall–Kier alpha value is -3.04. The number of carbonyl (C=O) groups excluding carboxylic acids is 1. The van der Waals surface area contributed by atoms with Crippen LogP contribution in [0.4, 0.5) is 5.69 Å². The molecule has 1 aliphatic rings. The van der Waals surface area contributed by atoms with Crippen molar-refractivity contribution in [2.24, 2.45) is 4.99 Å². The summed E-state index contributed by atoms with van der Waals surface area (Å²) in [5.74, 6) is 0.582. The van der Waals surface area contributed by atoms with Gasteiger partial charge in [-0.3, -0.25) is 9.69 Å². The van der Waals surface area contributed by atoms with Crippen molar-refractivity contribution in [3.8, 4) is 11.8 Å². The molecular weight excluding hydrogens is 358 g/mol. The van der Waals surface area contributed by atoms with Crippen LogP contribution in [0.3, 0.4) is 0 Å². The fourth-order valence-electron chi connectivity index (χ4n) is 2.53. The summed E-state index contributed by atoms with van der Waals surface area (Å²) in [6.45, 7) is 4.54. The Kier molecular flexibility index (Phi) is 5.94. The third-order valence-corrected chi connectivity index (χ3v) is 4.95. The van der Waals surface area contributed by atoms with Gasteiger partial charge in [-0.15, -0.1) is 0 Å². The number of carbonyl (C=O) groups is 1. The van der Waals surface area contributed by atoms with E-state index >= 15 is 0 Å². The maximum absolute atomic E-state index is 12.7. The first kappa shape index (κ1) is 18.7. The van der Waals surface area contributed by atoms with Crippen molar-refractivity contribution >= 4 is 34.6 Å². The van der Waals surface area contributed by atoms with E-state index in [1.54, 1.807) is 17.0 Å². The van der Waals surface area contributed by atoms with Crippen molar-refractivity contribution in [1.29, 1.82) is 5.26 Å². The summed E-state index contributed by atoms with van der Waals surface area (Å²) >= 11 is 1.38. The number of amidine groups is 1. The van der Waals surface area contributed by atoms with Gasteiger partial charge in [-0.2, -0.15) is 5.26 Å². The minimum absolute atomic E-state index is 0.0130. The molecule has 0 aromatic heterocycles. The SMILES string of the molecule is CCN1C(=O)/C(=C\c2ccc(OCC#N)cc2)SC1=Nc1ccc(C)cc1. The fraction of sp³-hybridized carbons (Fsp3) is 0.190. The standard InChI is InChI=1S/C21H19N3O2S/c1-3-24-20(25)19(14-16-6-10-18(11-7-16)26-13-12-22)27-21(24)23-17-8-4-15(2)5-9-17/h4-11,14H,3,13H2,1-2H3/b19-14+,23-21?. The van der Waals surface area contributed by atoms with E-state index in [4.69, 9.17) is 10.00 Å². The number of hydrogen-bond acceptors (Lipinski definition) is 5. The minimum Gasteiger partial charge on any atom is -0.479 e. The van der Waals surface area contributed by atoms with E-state index in [1.807, 2.05) is 62.4 Å². The fourth-order valence-corrected chi connectivity index (χ4v) is 3.59. The number of rotatable bonds is 5. The molecule has 0 saturated carbocycles. The first-order valence-electron chi connectivity index (χ1n) is 8.57. The maximum Gasteiger partial charge on any atom is 0.266 e. The summed E-state index contributed by atoms with van der Waals surface area (Å²) in [4.78, 5) is 19.6. The van der Waals surface area contributed by atoms with Crippen molar-refractivity contribution in [2.75, 3.05) is 13.2 Å². The molecule has 0 N–H and O–H groups in total. The number of likely N-dealkylation sites (N-methyl/N-ethyl adjacent to an activating group) is 1. The first-order chi connectivity index (χ1) is 13.1. The van der Waals surface area contributed by atoms with Gasteiger partial charge in [0.05, 0.1) is 10.6 Å². The normalized spacial score (nSPS) is 16.8. The van der Waals surface area contributed by atoms with Gasteiger partial charge < -0.3 is 4.74 Å². The van der Waals surface area contributed by atoms with Gasteiger partial charge in [-0.1, -0.05) is 29.8 Å². The third-order valence-electron chi connectivity index (χ3n) is 3.94. The average molecular weight is 377 g/mol. The van der Waals surface area contributed by atoms with Crippen molar-refractivity contribution in [2.45, 2.75) is 13.8 Å². The smallest absolute Gasteiger partial charge is 0.266 e. The molecule has 0 atom stereocenters. The van der Waals surface area contributed by atoms with Crippen LogP contribution in [0.25, 0.3) is 6.08 Å². The highest BCUT2D eigenvalue weighted by molar-refractivity contribution is 8.18. The lowest BCUT2D eigenvalue weighted by atomic mass is 10.2. The number of aliphatic imine (C=N–C) groups is 1. The number of nitrogens with zero attached hydrogens (tertiary/aromatic N) is 3. The van der Waals surface area contributed by atoms with Crippen molar-refractivity contribution in [3.05, 3.63) is 64.6 Å². The van der Waals surface area contributed by atoms with Gasteiger partial charge >= 0.3 is 0 Å². The van der Waals surface area contributed by atoms with Gasteiger partial charge in [-0.05, 0) is 61.5 Å². The average Bonchev–Trinajstić information content (AvgIpc) is 2.97. The number of aryl methyl sites for hydroxylation is 1. The van der Waals surface area contributed by atoms with Crippen molar-refractivity contribution in [3.63, 3.8) is 0 Å². The van der Waals surface area contributed by atoms with E-state index in [0.717, 1.165) is 11.3 Å². The zero-order valence-electron chi connectivity index (χ0n) is 15.2. The van der Waals surface area contributed by atoms with Crippen LogP contribution in [0.5, 0.6) is 5.75 Å². The van der Waals surface area contributed by atoms with E-state index in [0.29, 0.717) is 22.4 Å². The molecule has 0 unspecified atom stereocenters. The third kappa shape index (κ3) is 4.57. The molecule has 2 aromatic carbocycles. The summed E-state index contributed by atoms with van der Waals surface area (Å²) in [5.41, 5.74) is 2.89. The monoisotopic (exact) mass is 377 g/mol. The van der Waals surface area contributed by atoms with Crippen LogP contribution in [-0.2, 0) is 4.79 Å². The van der Waals surface area contributed by atoms with E-state index in [-0.39, 0.29) is 12.5 Å². The van der Waals surface area contributed by atoms with E-state index in [1.165, 1.54) is 17.3 Å². The Bertz CT molecular complexity index is 925. The second-order valence-electron chi connectivity index (χ2n) is 5.91. The molecule has 0 bridgehead atoms. The van der Waals surface area contributed by atoms with Crippen LogP contribution in [0.1, 0.15) is 18.1 Å². The van der Waals surface area contributed by atoms with Crippen LogP contribution in [0.2, 0.25) is 0 Å². The van der Waals surface area contributed by atoms with Crippen LogP contribution < -0.4 is 4.74 Å². The molecule has 27 heavy (non-hydrogen) atoms. The summed E-state index contributed by atoms with van der Waals surface area (Å²) < 4.78 is 5.25. The van der Waals surface area contributed by atoms with Crippen molar-refractivity contribution in [1.82, 2.24) is 4.90 Å². The second kappa shape index (κ2) is 8.56. The molecule has 6 heteroatoms. The number of hydrogen-bond donors (Lipinski definition) is 0. The first-order valence-corrected chi connectivity index (χ1v) is 9.39. The van der Waals surface area contributed by atoms with Gasteiger partial charge in [-0.25, -0.2) is 4.99 Å². The molecule has 0 aliphatic carbocycles. The van der Waals surface area contributed by atoms with Crippen LogP contribution in [-0.4, -0.2) is 29.1 Å². The Labute approximate surface area is 163 Å². The Balaban J connectivity index is 1.82. The molecule has 5 nitrogen and oxygen atoms in total. The molecular formula is C21H19N3O2S. The maximum atomic E-state index is 12.7. The van der Waals surface area contributed by atoms with Gasteiger partial charge in [0.15, 0.2) is 11.8 Å². The van der Waals surface area contributed by atoms with Gasteiger partial charge in [0, 0.05) is 6.54 Å². The highest BCUT2D eigenvalue weighted by Crippen LogP contribution is 2.34. The molecule has 1 aliphatic heterocycles. The molecule has 0 spiro atoms. The van der Waals surface area contributed by atoms with E-state index < -0.39 is 0 Å². The Morgan fingerprint density at radius 1 is 1.19 bits per heavy atom. The lowest BCUT2D eigenvalue weighted by Crippen LogP contribution is -2.28.